The fourth-order valence-electron chi connectivity index (χ4n) is 3.87. The zero-order valence-corrected chi connectivity index (χ0v) is 14.5. The average molecular weight is 353 g/mol. The Balaban J connectivity index is 1.68. The summed E-state index contributed by atoms with van der Waals surface area (Å²) in [4.78, 5) is 2.64. The number of hydrogen-bond acceptors (Lipinski definition) is 3. The summed E-state index contributed by atoms with van der Waals surface area (Å²) in [7, 11) is 1.71. The summed E-state index contributed by atoms with van der Waals surface area (Å²) >= 11 is 3.59. The van der Waals surface area contributed by atoms with Gasteiger partial charge in [0.1, 0.15) is 5.75 Å². The van der Waals surface area contributed by atoms with Crippen molar-refractivity contribution in [2.45, 2.75) is 57.3 Å². The molecule has 1 N–H and O–H groups in total. The van der Waals surface area contributed by atoms with Crippen LogP contribution >= 0.6 is 15.9 Å². The lowest BCUT2D eigenvalue weighted by Crippen LogP contribution is -2.47. The molecule has 1 aromatic rings. The first-order valence-corrected chi connectivity index (χ1v) is 8.81. The molecule has 2 aliphatic rings. The fraction of sp³-hybridized carbons (Fsp3) is 0.647. The van der Waals surface area contributed by atoms with Crippen LogP contribution in [-0.4, -0.2) is 36.7 Å². The number of hydrogen-bond donors (Lipinski definition) is 1. The lowest BCUT2D eigenvalue weighted by atomic mass is 9.97. The molecule has 0 aromatic heterocycles. The van der Waals surface area contributed by atoms with E-state index >= 15 is 0 Å². The van der Waals surface area contributed by atoms with Crippen molar-refractivity contribution in [3.8, 4) is 5.75 Å². The quantitative estimate of drug-likeness (QED) is 0.876. The van der Waals surface area contributed by atoms with Gasteiger partial charge in [0.2, 0.25) is 0 Å². The van der Waals surface area contributed by atoms with Crippen LogP contribution in [-0.2, 0) is 6.54 Å². The van der Waals surface area contributed by atoms with Crippen molar-refractivity contribution < 1.29 is 4.74 Å². The van der Waals surface area contributed by atoms with Gasteiger partial charge >= 0.3 is 0 Å². The first-order chi connectivity index (χ1) is 10.2. The number of piperidine rings is 1. The molecule has 116 valence electrons. The van der Waals surface area contributed by atoms with Crippen molar-refractivity contribution in [1.82, 2.24) is 10.2 Å². The molecule has 2 atom stereocenters. The number of nitrogens with zero attached hydrogens (tertiary/aromatic N) is 1. The summed E-state index contributed by atoms with van der Waals surface area (Å²) in [5.74, 6) is 0.904. The highest BCUT2D eigenvalue weighted by atomic mass is 79.9. The average Bonchev–Trinajstić information content (AvgIpc) is 2.83. The molecule has 2 aliphatic heterocycles. The molecule has 2 bridgehead atoms. The van der Waals surface area contributed by atoms with Gasteiger partial charge < -0.3 is 10.1 Å². The van der Waals surface area contributed by atoms with Gasteiger partial charge in [-0.2, -0.15) is 0 Å². The van der Waals surface area contributed by atoms with Gasteiger partial charge in [0.25, 0.3) is 0 Å². The first-order valence-electron chi connectivity index (χ1n) is 8.02. The molecular weight excluding hydrogens is 328 g/mol. The van der Waals surface area contributed by atoms with Gasteiger partial charge in [-0.1, -0.05) is 13.0 Å². The highest BCUT2D eigenvalue weighted by molar-refractivity contribution is 9.10. The molecule has 3 rings (SSSR count). The van der Waals surface area contributed by atoms with E-state index in [0.29, 0.717) is 0 Å². The van der Waals surface area contributed by atoms with Crippen LogP contribution in [0.3, 0.4) is 0 Å². The maximum atomic E-state index is 5.32. The number of halogens is 1. The minimum absolute atomic E-state index is 0.731. The third kappa shape index (κ3) is 3.43. The second-order valence-corrected chi connectivity index (χ2v) is 7.15. The van der Waals surface area contributed by atoms with Crippen molar-refractivity contribution in [2.24, 2.45) is 0 Å². The van der Waals surface area contributed by atoms with Gasteiger partial charge in [-0.15, -0.1) is 0 Å². The predicted molar refractivity (Wildman–Crippen MR) is 89.7 cm³/mol. The van der Waals surface area contributed by atoms with Crippen molar-refractivity contribution in [3.63, 3.8) is 0 Å². The lowest BCUT2D eigenvalue weighted by molar-refractivity contribution is 0.140. The normalized spacial score (nSPS) is 28.1. The zero-order chi connectivity index (χ0) is 14.8. The van der Waals surface area contributed by atoms with Gasteiger partial charge in [0.05, 0.1) is 11.6 Å². The number of benzene rings is 1. The Morgan fingerprint density at radius 1 is 1.29 bits per heavy atom. The molecule has 2 saturated heterocycles. The van der Waals surface area contributed by atoms with E-state index in [2.05, 4.69) is 51.3 Å². The highest BCUT2D eigenvalue weighted by Gasteiger charge is 2.35. The van der Waals surface area contributed by atoms with Gasteiger partial charge in [-0.3, -0.25) is 4.90 Å². The Morgan fingerprint density at radius 2 is 2.00 bits per heavy atom. The molecule has 0 aliphatic carbocycles. The highest BCUT2D eigenvalue weighted by Crippen LogP contribution is 2.31. The van der Waals surface area contributed by atoms with Gasteiger partial charge in [-0.05, 0) is 65.9 Å². The zero-order valence-electron chi connectivity index (χ0n) is 12.9. The summed E-state index contributed by atoms with van der Waals surface area (Å²) in [6.07, 6.45) is 5.35. The van der Waals surface area contributed by atoms with Crippen molar-refractivity contribution in [3.05, 3.63) is 28.2 Å². The van der Waals surface area contributed by atoms with E-state index in [9.17, 15) is 0 Å². The minimum atomic E-state index is 0.731. The van der Waals surface area contributed by atoms with E-state index in [0.717, 1.165) is 41.4 Å². The smallest absolute Gasteiger partial charge is 0.133 e. The van der Waals surface area contributed by atoms with E-state index in [1.807, 2.05) is 0 Å². The number of fused-ring (bicyclic) bond motifs is 2. The molecular formula is C17H25BrN2O. The fourth-order valence-corrected chi connectivity index (χ4v) is 4.46. The molecule has 1 aromatic carbocycles. The molecule has 2 heterocycles. The van der Waals surface area contributed by atoms with Gasteiger partial charge in [0.15, 0.2) is 0 Å². The lowest BCUT2D eigenvalue weighted by Gasteiger charge is -2.37. The van der Waals surface area contributed by atoms with Crippen LogP contribution in [0.1, 0.15) is 38.2 Å². The van der Waals surface area contributed by atoms with E-state index in [-0.39, 0.29) is 0 Å². The summed E-state index contributed by atoms with van der Waals surface area (Å²) in [6, 6.07) is 8.67. The van der Waals surface area contributed by atoms with Crippen LogP contribution < -0.4 is 10.1 Å². The Kier molecular flexibility index (Phi) is 4.87. The Labute approximate surface area is 136 Å². The Morgan fingerprint density at radius 3 is 2.57 bits per heavy atom. The van der Waals surface area contributed by atoms with Crippen LogP contribution in [0.2, 0.25) is 0 Å². The largest absolute Gasteiger partial charge is 0.496 e. The van der Waals surface area contributed by atoms with E-state index < -0.39 is 0 Å². The van der Waals surface area contributed by atoms with Crippen molar-refractivity contribution in [2.75, 3.05) is 13.7 Å². The SMILES string of the molecule is CCN(Cc1ccc(OC)c(Br)c1)C1CC2CCC(C1)N2. The molecule has 0 radical (unpaired) electrons. The third-order valence-corrected chi connectivity index (χ3v) is 5.59. The number of methoxy groups -OCH3 is 1. The van der Waals surface area contributed by atoms with Crippen LogP contribution in [0.4, 0.5) is 0 Å². The Bertz CT molecular complexity index is 482. The maximum Gasteiger partial charge on any atom is 0.133 e. The van der Waals surface area contributed by atoms with E-state index in [1.54, 1.807) is 7.11 Å². The first kappa shape index (κ1) is 15.3. The monoisotopic (exact) mass is 352 g/mol. The van der Waals surface area contributed by atoms with Crippen LogP contribution in [0.5, 0.6) is 5.75 Å². The van der Waals surface area contributed by atoms with Crippen LogP contribution in [0.15, 0.2) is 22.7 Å². The second kappa shape index (κ2) is 6.67. The molecule has 3 nitrogen and oxygen atoms in total. The predicted octanol–water partition coefficient (Wildman–Crippen LogP) is 3.56. The summed E-state index contributed by atoms with van der Waals surface area (Å²) < 4.78 is 6.36. The third-order valence-electron chi connectivity index (χ3n) is 4.97. The van der Waals surface area contributed by atoms with Crippen LogP contribution in [0, 0.1) is 0 Å². The number of rotatable bonds is 5. The molecule has 21 heavy (non-hydrogen) atoms. The summed E-state index contributed by atoms with van der Waals surface area (Å²) in [5, 5.41) is 3.74. The molecule has 2 fully saturated rings. The summed E-state index contributed by atoms with van der Waals surface area (Å²) in [5.41, 5.74) is 1.36. The van der Waals surface area contributed by atoms with Crippen molar-refractivity contribution in [1.29, 1.82) is 0 Å². The molecule has 0 amide bonds. The minimum Gasteiger partial charge on any atom is -0.496 e. The molecule has 2 unspecified atom stereocenters. The Hall–Kier alpha value is -0.580. The number of ether oxygens (including phenoxy) is 1. The van der Waals surface area contributed by atoms with E-state index in [4.69, 9.17) is 4.74 Å². The number of nitrogens with one attached hydrogen (secondary N) is 1. The second-order valence-electron chi connectivity index (χ2n) is 6.30. The van der Waals surface area contributed by atoms with Crippen molar-refractivity contribution >= 4 is 15.9 Å². The maximum absolute atomic E-state index is 5.32. The molecule has 0 spiro atoms. The molecule has 4 heteroatoms. The topological polar surface area (TPSA) is 24.5 Å². The van der Waals surface area contributed by atoms with E-state index in [1.165, 1.54) is 31.2 Å². The molecule has 0 saturated carbocycles. The standard InChI is InChI=1S/C17H25BrN2O/c1-3-20(15-9-13-5-6-14(10-15)19-13)11-12-4-7-17(21-2)16(18)8-12/h4,7-8,13-15,19H,3,5-6,9-11H2,1-2H3. The summed E-state index contributed by atoms with van der Waals surface area (Å²) in [6.45, 7) is 4.43. The van der Waals surface area contributed by atoms with Gasteiger partial charge in [-0.25, -0.2) is 0 Å². The van der Waals surface area contributed by atoms with Crippen LogP contribution in [0.25, 0.3) is 0 Å². The van der Waals surface area contributed by atoms with Gasteiger partial charge in [0, 0.05) is 24.7 Å².